The molecule has 0 fully saturated rings. The first-order chi connectivity index (χ1) is 15.5. The lowest BCUT2D eigenvalue weighted by molar-refractivity contribution is 0.399. The van der Waals surface area contributed by atoms with Gasteiger partial charge in [-0.15, -0.1) is 0 Å². The third-order valence-electron chi connectivity index (χ3n) is 4.70. The number of hydrogen-bond donors (Lipinski definition) is 1. The van der Waals surface area contributed by atoms with Crippen molar-refractivity contribution in [3.8, 4) is 16.9 Å². The molecule has 0 aliphatic rings. The number of pyridine rings is 1. The van der Waals surface area contributed by atoms with Crippen LogP contribution in [0.5, 0.6) is 5.75 Å². The van der Waals surface area contributed by atoms with E-state index in [1.54, 1.807) is 31.6 Å². The lowest BCUT2D eigenvalue weighted by Gasteiger charge is -2.13. The summed E-state index contributed by atoms with van der Waals surface area (Å²) in [4.78, 5) is 8.55. The third kappa shape index (κ3) is 5.73. The number of anilines is 1. The molecule has 0 saturated carbocycles. The van der Waals surface area contributed by atoms with Crippen LogP contribution in [0.1, 0.15) is 12.5 Å². The number of amidine groups is 1. The molecular formula is C24H25N3O4S. The fourth-order valence-corrected chi connectivity index (χ4v) is 3.86. The van der Waals surface area contributed by atoms with Gasteiger partial charge in [-0.25, -0.2) is 13.4 Å². The average molecular weight is 452 g/mol. The molecule has 2 aromatic carbocycles. The molecule has 0 bridgehead atoms. The van der Waals surface area contributed by atoms with Gasteiger partial charge in [0.25, 0.3) is 6.02 Å². The van der Waals surface area contributed by atoms with Gasteiger partial charge in [-0.2, -0.15) is 0 Å². The van der Waals surface area contributed by atoms with E-state index in [0.29, 0.717) is 11.4 Å². The van der Waals surface area contributed by atoms with Gasteiger partial charge in [-0.1, -0.05) is 25.1 Å². The van der Waals surface area contributed by atoms with E-state index in [1.165, 1.54) is 26.4 Å². The monoisotopic (exact) mass is 451 g/mol. The molecular weight excluding hydrogens is 426 g/mol. The first kappa shape index (κ1) is 23.0. The van der Waals surface area contributed by atoms with E-state index in [0.717, 1.165) is 16.7 Å². The van der Waals surface area contributed by atoms with Gasteiger partial charge >= 0.3 is 0 Å². The predicted octanol–water partition coefficient (Wildman–Crippen LogP) is 4.64. The molecule has 0 amide bonds. The Morgan fingerprint density at radius 2 is 1.84 bits per heavy atom. The Balaban J connectivity index is 1.82. The number of methoxy groups -OCH3 is 2. The number of ether oxygens (including phenoxy) is 2. The van der Waals surface area contributed by atoms with Crippen molar-refractivity contribution in [3.05, 3.63) is 78.8 Å². The number of aromatic nitrogens is 1. The molecule has 166 valence electrons. The SMILES string of the molecule is CCS(=O)(=O)c1ccc(OC)c(NC(=N/C=C/c2cccc(-c3ccncc3)c2)OC)c1. The second-order valence-electron chi connectivity index (χ2n) is 6.71. The van der Waals surface area contributed by atoms with Gasteiger partial charge in [0.2, 0.25) is 0 Å². The number of sulfone groups is 1. The maximum atomic E-state index is 12.2. The highest BCUT2D eigenvalue weighted by atomic mass is 32.2. The molecule has 0 atom stereocenters. The quantitative estimate of drug-likeness (QED) is 0.416. The summed E-state index contributed by atoms with van der Waals surface area (Å²) in [6.45, 7) is 1.60. The standard InChI is InChI=1S/C24H25N3O4S/c1-4-32(28,29)21-8-9-23(30-2)22(17-21)27-24(31-3)26-15-10-18-6-5-7-20(16-18)19-11-13-25-14-12-19/h5-17H,4H2,1-3H3,(H,26,27)/b15-10+. The first-order valence-electron chi connectivity index (χ1n) is 9.93. The van der Waals surface area contributed by atoms with Crippen LogP contribution in [0.2, 0.25) is 0 Å². The van der Waals surface area contributed by atoms with E-state index in [-0.39, 0.29) is 16.7 Å². The number of benzene rings is 2. The molecule has 32 heavy (non-hydrogen) atoms. The molecule has 3 aromatic rings. The van der Waals surface area contributed by atoms with Crippen molar-refractivity contribution in [3.63, 3.8) is 0 Å². The summed E-state index contributed by atoms with van der Waals surface area (Å²) in [6, 6.07) is 16.7. The predicted molar refractivity (Wildman–Crippen MR) is 127 cm³/mol. The van der Waals surface area contributed by atoms with Gasteiger partial charge in [-0.05, 0) is 59.2 Å². The Kier molecular flexibility index (Phi) is 7.62. The van der Waals surface area contributed by atoms with Crippen LogP contribution in [0.15, 0.2) is 83.1 Å². The molecule has 1 aromatic heterocycles. The van der Waals surface area contributed by atoms with E-state index in [9.17, 15) is 8.42 Å². The lowest BCUT2D eigenvalue weighted by Crippen LogP contribution is -2.15. The Morgan fingerprint density at radius 3 is 2.53 bits per heavy atom. The number of aliphatic imine (C=N–C) groups is 1. The summed E-state index contributed by atoms with van der Waals surface area (Å²) in [7, 11) is -0.380. The normalized spacial score (nSPS) is 12.0. The van der Waals surface area contributed by atoms with Crippen LogP contribution in [0.4, 0.5) is 5.69 Å². The van der Waals surface area contributed by atoms with E-state index in [4.69, 9.17) is 9.47 Å². The van der Waals surface area contributed by atoms with Crippen molar-refractivity contribution in [1.82, 2.24) is 4.98 Å². The lowest BCUT2D eigenvalue weighted by atomic mass is 10.0. The smallest absolute Gasteiger partial charge is 0.293 e. The fraction of sp³-hybridized carbons (Fsp3) is 0.167. The highest BCUT2D eigenvalue weighted by Gasteiger charge is 2.15. The topological polar surface area (TPSA) is 89.9 Å². The summed E-state index contributed by atoms with van der Waals surface area (Å²) < 4.78 is 35.1. The third-order valence-corrected chi connectivity index (χ3v) is 6.44. The maximum Gasteiger partial charge on any atom is 0.293 e. The summed E-state index contributed by atoms with van der Waals surface area (Å²) in [5.74, 6) is 0.476. The fourth-order valence-electron chi connectivity index (χ4n) is 2.95. The molecule has 7 nitrogen and oxygen atoms in total. The van der Waals surface area contributed by atoms with Crippen LogP contribution in [0.3, 0.4) is 0 Å². The number of hydrogen-bond acceptors (Lipinski definition) is 6. The minimum absolute atomic E-state index is 0.00525. The maximum absolute atomic E-state index is 12.2. The van der Waals surface area contributed by atoms with E-state index >= 15 is 0 Å². The second kappa shape index (κ2) is 10.6. The van der Waals surface area contributed by atoms with Gasteiger partial charge < -0.3 is 14.8 Å². The van der Waals surface area contributed by atoms with Crippen LogP contribution in [-0.4, -0.2) is 39.4 Å². The number of nitrogens with zero attached hydrogens (tertiary/aromatic N) is 2. The zero-order valence-corrected chi connectivity index (χ0v) is 19.0. The summed E-state index contributed by atoms with van der Waals surface area (Å²) in [5, 5.41) is 2.99. The van der Waals surface area contributed by atoms with Gasteiger partial charge in [0.05, 0.1) is 30.6 Å². The summed E-state index contributed by atoms with van der Waals surface area (Å²) in [6.07, 6.45) is 6.97. The minimum Gasteiger partial charge on any atom is -0.495 e. The summed E-state index contributed by atoms with van der Waals surface area (Å²) in [5.41, 5.74) is 3.55. The van der Waals surface area contributed by atoms with Crippen molar-refractivity contribution in [2.24, 2.45) is 4.99 Å². The molecule has 0 aliphatic carbocycles. The summed E-state index contributed by atoms with van der Waals surface area (Å²) >= 11 is 0. The molecule has 0 unspecified atom stereocenters. The second-order valence-corrected chi connectivity index (χ2v) is 8.98. The largest absolute Gasteiger partial charge is 0.495 e. The molecule has 3 rings (SSSR count). The van der Waals surface area contributed by atoms with E-state index < -0.39 is 9.84 Å². The van der Waals surface area contributed by atoms with Crippen molar-refractivity contribution in [2.75, 3.05) is 25.3 Å². The van der Waals surface area contributed by atoms with Crippen molar-refractivity contribution in [1.29, 1.82) is 0 Å². The van der Waals surface area contributed by atoms with Crippen molar-refractivity contribution >= 4 is 27.6 Å². The minimum atomic E-state index is -3.36. The van der Waals surface area contributed by atoms with Crippen LogP contribution in [0, 0.1) is 0 Å². The molecule has 0 radical (unpaired) electrons. The van der Waals surface area contributed by atoms with Crippen molar-refractivity contribution in [2.45, 2.75) is 11.8 Å². The van der Waals surface area contributed by atoms with Gasteiger partial charge in [0.1, 0.15) is 5.75 Å². The Labute approximate surface area is 188 Å². The van der Waals surface area contributed by atoms with Gasteiger partial charge in [-0.3, -0.25) is 4.98 Å². The zero-order chi connectivity index (χ0) is 23.0. The van der Waals surface area contributed by atoms with Crippen molar-refractivity contribution < 1.29 is 17.9 Å². The van der Waals surface area contributed by atoms with Crippen LogP contribution in [-0.2, 0) is 14.6 Å². The van der Waals surface area contributed by atoms with E-state index in [1.807, 2.05) is 42.5 Å². The Hall–Kier alpha value is -3.65. The molecule has 0 spiro atoms. The van der Waals surface area contributed by atoms with Crippen LogP contribution < -0.4 is 10.1 Å². The highest BCUT2D eigenvalue weighted by molar-refractivity contribution is 7.91. The zero-order valence-electron chi connectivity index (χ0n) is 18.1. The van der Waals surface area contributed by atoms with E-state index in [2.05, 4.69) is 15.3 Å². The Bertz CT molecular complexity index is 1220. The number of nitrogens with one attached hydrogen (secondary N) is 1. The molecule has 0 aliphatic heterocycles. The highest BCUT2D eigenvalue weighted by Crippen LogP contribution is 2.28. The molecule has 1 N–H and O–H groups in total. The first-order valence-corrected chi connectivity index (χ1v) is 11.6. The number of rotatable bonds is 7. The molecule has 0 saturated heterocycles. The van der Waals surface area contributed by atoms with Gasteiger partial charge in [0, 0.05) is 18.6 Å². The average Bonchev–Trinajstić information content (AvgIpc) is 2.84. The van der Waals surface area contributed by atoms with Gasteiger partial charge in [0.15, 0.2) is 9.84 Å². The molecule has 1 heterocycles. The Morgan fingerprint density at radius 1 is 1.06 bits per heavy atom. The van der Waals surface area contributed by atoms with Crippen LogP contribution >= 0.6 is 0 Å². The van der Waals surface area contributed by atoms with Crippen LogP contribution in [0.25, 0.3) is 17.2 Å². The molecule has 8 heteroatoms.